The summed E-state index contributed by atoms with van der Waals surface area (Å²) >= 11 is 0. The standard InChI is InChI=1S/C14H24N4O/c1-3-4-7-12(19)10-18-9-6-5-8-13(18)14-15-11(2)16-17-14/h3,12-13,19H,1,4-10H2,2H3,(H,15,16,17)/t12-,13+/m0/s1. The molecule has 5 nitrogen and oxygen atoms in total. The van der Waals surface area contributed by atoms with Crippen LogP contribution in [0.2, 0.25) is 0 Å². The van der Waals surface area contributed by atoms with E-state index >= 15 is 0 Å². The maximum absolute atomic E-state index is 10.1. The van der Waals surface area contributed by atoms with Crippen LogP contribution in [-0.4, -0.2) is 44.4 Å². The van der Waals surface area contributed by atoms with Crippen molar-refractivity contribution in [2.45, 2.75) is 51.2 Å². The fourth-order valence-corrected chi connectivity index (χ4v) is 2.68. The summed E-state index contributed by atoms with van der Waals surface area (Å²) in [7, 11) is 0. The number of rotatable bonds is 6. The summed E-state index contributed by atoms with van der Waals surface area (Å²) in [5.41, 5.74) is 0. The van der Waals surface area contributed by atoms with E-state index in [4.69, 9.17) is 0 Å². The Kier molecular flexibility index (Phi) is 5.10. The molecule has 2 N–H and O–H groups in total. The first-order valence-corrected chi connectivity index (χ1v) is 7.12. The molecule has 5 heteroatoms. The topological polar surface area (TPSA) is 65.0 Å². The Labute approximate surface area is 114 Å². The highest BCUT2D eigenvalue weighted by Crippen LogP contribution is 2.29. The molecule has 1 aliphatic heterocycles. The predicted octanol–water partition coefficient (Wildman–Crippen LogP) is 1.97. The van der Waals surface area contributed by atoms with Crippen LogP contribution < -0.4 is 0 Å². The van der Waals surface area contributed by atoms with E-state index < -0.39 is 0 Å². The number of allylic oxidation sites excluding steroid dienone is 1. The first-order chi connectivity index (χ1) is 9.20. The fraction of sp³-hybridized carbons (Fsp3) is 0.714. The van der Waals surface area contributed by atoms with Gasteiger partial charge >= 0.3 is 0 Å². The highest BCUT2D eigenvalue weighted by atomic mass is 16.3. The van der Waals surface area contributed by atoms with Gasteiger partial charge in [-0.3, -0.25) is 10.00 Å². The average molecular weight is 264 g/mol. The molecule has 2 rings (SSSR count). The Hall–Kier alpha value is -1.20. The normalized spacial score (nSPS) is 22.3. The first kappa shape index (κ1) is 14.2. The Bertz CT molecular complexity index is 404. The van der Waals surface area contributed by atoms with Gasteiger partial charge in [0.05, 0.1) is 12.1 Å². The monoisotopic (exact) mass is 264 g/mol. The van der Waals surface area contributed by atoms with Gasteiger partial charge in [-0.2, -0.15) is 5.10 Å². The molecule has 19 heavy (non-hydrogen) atoms. The lowest BCUT2D eigenvalue weighted by Gasteiger charge is -2.35. The molecule has 0 aromatic carbocycles. The summed E-state index contributed by atoms with van der Waals surface area (Å²) in [6.45, 7) is 7.33. The van der Waals surface area contributed by atoms with Crippen molar-refractivity contribution in [3.05, 3.63) is 24.3 Å². The van der Waals surface area contributed by atoms with Crippen molar-refractivity contribution in [2.24, 2.45) is 0 Å². The zero-order valence-corrected chi connectivity index (χ0v) is 11.7. The summed E-state index contributed by atoms with van der Waals surface area (Å²) in [6, 6.07) is 0.247. The molecule has 0 amide bonds. The molecule has 106 valence electrons. The van der Waals surface area contributed by atoms with E-state index in [9.17, 15) is 5.11 Å². The molecule has 2 heterocycles. The number of aryl methyl sites for hydroxylation is 1. The lowest BCUT2D eigenvalue weighted by Crippen LogP contribution is -2.39. The first-order valence-electron chi connectivity index (χ1n) is 7.12. The van der Waals surface area contributed by atoms with Gasteiger partial charge in [-0.25, -0.2) is 4.98 Å². The highest BCUT2D eigenvalue weighted by Gasteiger charge is 2.28. The molecule has 2 atom stereocenters. The van der Waals surface area contributed by atoms with Crippen molar-refractivity contribution < 1.29 is 5.11 Å². The van der Waals surface area contributed by atoms with Crippen LogP contribution in [-0.2, 0) is 0 Å². The minimum absolute atomic E-state index is 0.247. The lowest BCUT2D eigenvalue weighted by atomic mass is 10.0. The predicted molar refractivity (Wildman–Crippen MR) is 74.7 cm³/mol. The molecule has 0 bridgehead atoms. The number of aliphatic hydroxyl groups excluding tert-OH is 1. The third-order valence-electron chi connectivity index (χ3n) is 3.68. The van der Waals surface area contributed by atoms with E-state index in [1.165, 1.54) is 12.8 Å². The molecular formula is C14H24N4O. The van der Waals surface area contributed by atoms with Gasteiger partial charge in [-0.1, -0.05) is 12.5 Å². The molecule has 1 aromatic rings. The van der Waals surface area contributed by atoms with E-state index in [2.05, 4.69) is 26.7 Å². The van der Waals surface area contributed by atoms with Crippen molar-refractivity contribution in [1.82, 2.24) is 20.1 Å². The van der Waals surface area contributed by atoms with Crippen LogP contribution in [0.15, 0.2) is 12.7 Å². The van der Waals surface area contributed by atoms with E-state index in [0.29, 0.717) is 6.54 Å². The molecule has 0 unspecified atom stereocenters. The summed E-state index contributed by atoms with van der Waals surface area (Å²) in [5.74, 6) is 1.72. The minimum atomic E-state index is -0.293. The Morgan fingerprint density at radius 3 is 3.11 bits per heavy atom. The molecule has 0 aliphatic carbocycles. The van der Waals surface area contributed by atoms with Crippen LogP contribution in [0, 0.1) is 6.92 Å². The summed E-state index contributed by atoms with van der Waals surface area (Å²) in [6.07, 6.45) is 6.67. The zero-order valence-electron chi connectivity index (χ0n) is 11.7. The van der Waals surface area contributed by atoms with Crippen LogP contribution in [0.1, 0.15) is 49.8 Å². The van der Waals surface area contributed by atoms with E-state index in [1.54, 1.807) is 0 Å². The lowest BCUT2D eigenvalue weighted by molar-refractivity contribution is 0.0603. The molecule has 0 spiro atoms. The number of H-pyrrole nitrogens is 1. The number of β-amino-alcohol motifs (C(OH)–C–C–N with tert-alkyl or cyclic N) is 1. The minimum Gasteiger partial charge on any atom is -0.392 e. The summed E-state index contributed by atoms with van der Waals surface area (Å²) in [5, 5.41) is 17.3. The fourth-order valence-electron chi connectivity index (χ4n) is 2.68. The largest absolute Gasteiger partial charge is 0.392 e. The van der Waals surface area contributed by atoms with Gasteiger partial charge in [-0.15, -0.1) is 6.58 Å². The third kappa shape index (κ3) is 3.88. The smallest absolute Gasteiger partial charge is 0.167 e. The van der Waals surface area contributed by atoms with Gasteiger partial charge in [0, 0.05) is 6.54 Å². The molecule has 1 fully saturated rings. The third-order valence-corrected chi connectivity index (χ3v) is 3.68. The van der Waals surface area contributed by atoms with Crippen LogP contribution in [0.25, 0.3) is 0 Å². The number of aromatic nitrogens is 3. The molecule has 1 aromatic heterocycles. The van der Waals surface area contributed by atoms with Crippen LogP contribution in [0.3, 0.4) is 0 Å². The number of likely N-dealkylation sites (tertiary alicyclic amines) is 1. The number of piperidine rings is 1. The number of nitrogens with one attached hydrogen (secondary N) is 1. The Balaban J connectivity index is 1.97. The van der Waals surface area contributed by atoms with Crippen molar-refractivity contribution in [1.29, 1.82) is 0 Å². The molecule has 1 saturated heterocycles. The van der Waals surface area contributed by atoms with Crippen molar-refractivity contribution in [3.8, 4) is 0 Å². The second-order valence-corrected chi connectivity index (χ2v) is 5.31. The maximum atomic E-state index is 10.1. The van der Waals surface area contributed by atoms with E-state index in [0.717, 1.165) is 37.5 Å². The SMILES string of the molecule is C=CCC[C@H](O)CN1CCCC[C@@H]1c1n[nH]c(C)n1. The molecular weight excluding hydrogens is 240 g/mol. The van der Waals surface area contributed by atoms with Crippen molar-refractivity contribution in [3.63, 3.8) is 0 Å². The summed E-state index contributed by atoms with van der Waals surface area (Å²) in [4.78, 5) is 6.77. The van der Waals surface area contributed by atoms with Crippen LogP contribution in [0.5, 0.6) is 0 Å². The zero-order chi connectivity index (χ0) is 13.7. The number of aliphatic hydroxyl groups is 1. The van der Waals surface area contributed by atoms with Crippen molar-refractivity contribution >= 4 is 0 Å². The van der Waals surface area contributed by atoms with Gasteiger partial charge in [0.1, 0.15) is 5.82 Å². The van der Waals surface area contributed by atoms with E-state index in [-0.39, 0.29) is 12.1 Å². The number of hydrogen-bond donors (Lipinski definition) is 2. The molecule has 0 radical (unpaired) electrons. The molecule has 0 saturated carbocycles. The average Bonchev–Trinajstić information content (AvgIpc) is 2.83. The van der Waals surface area contributed by atoms with Crippen molar-refractivity contribution in [2.75, 3.05) is 13.1 Å². The highest BCUT2D eigenvalue weighted by molar-refractivity contribution is 4.98. The quantitative estimate of drug-likeness (QED) is 0.771. The van der Waals surface area contributed by atoms with Gasteiger partial charge in [0.25, 0.3) is 0 Å². The number of nitrogens with zero attached hydrogens (tertiary/aromatic N) is 3. The second-order valence-electron chi connectivity index (χ2n) is 5.31. The Morgan fingerprint density at radius 2 is 2.42 bits per heavy atom. The van der Waals surface area contributed by atoms with Gasteiger partial charge in [0.15, 0.2) is 5.82 Å². The van der Waals surface area contributed by atoms with E-state index in [1.807, 2.05) is 13.0 Å². The van der Waals surface area contributed by atoms with Gasteiger partial charge < -0.3 is 5.11 Å². The molecule has 1 aliphatic rings. The number of aromatic amines is 1. The second kappa shape index (κ2) is 6.82. The number of hydrogen-bond acceptors (Lipinski definition) is 4. The maximum Gasteiger partial charge on any atom is 0.167 e. The summed E-state index contributed by atoms with van der Waals surface area (Å²) < 4.78 is 0. The van der Waals surface area contributed by atoms with Gasteiger partial charge in [-0.05, 0) is 39.2 Å². The van der Waals surface area contributed by atoms with Crippen LogP contribution in [0.4, 0.5) is 0 Å². The van der Waals surface area contributed by atoms with Crippen LogP contribution >= 0.6 is 0 Å². The van der Waals surface area contributed by atoms with Gasteiger partial charge in [0.2, 0.25) is 0 Å². The Morgan fingerprint density at radius 1 is 1.58 bits per heavy atom.